The zero-order chi connectivity index (χ0) is 7.72. The molecule has 0 fully saturated rings. The Balaban J connectivity index is 0.000001000. The number of anilines is 1. The largest absolute Gasteiger partial charge is 0.382 e. The molecule has 6 heteroatoms. The van der Waals surface area contributed by atoms with E-state index in [-0.39, 0.29) is 18.1 Å². The molecular formula is C5H9ClN4O. The number of hydrogen-bond acceptors (Lipinski definition) is 4. The number of aromatic nitrogens is 2. The summed E-state index contributed by atoms with van der Waals surface area (Å²) < 4.78 is 1.42. The fraction of sp³-hybridized carbons (Fsp3) is 0.400. The van der Waals surface area contributed by atoms with Crippen molar-refractivity contribution in [1.29, 1.82) is 0 Å². The molecule has 0 amide bonds. The summed E-state index contributed by atoms with van der Waals surface area (Å²) in [5.74, 6) is 0.313. The van der Waals surface area contributed by atoms with Crippen molar-refractivity contribution in [2.24, 2.45) is 12.2 Å². The van der Waals surface area contributed by atoms with Gasteiger partial charge < -0.3 is 5.73 Å². The third-order valence-electron chi connectivity index (χ3n) is 1.33. The van der Waals surface area contributed by atoms with Crippen LogP contribution in [0.15, 0.2) is 5.18 Å². The van der Waals surface area contributed by atoms with E-state index in [1.165, 1.54) is 4.68 Å². The second-order valence-electron chi connectivity index (χ2n) is 2.03. The molecule has 0 radical (unpaired) electrons. The van der Waals surface area contributed by atoms with E-state index in [0.717, 1.165) is 0 Å². The number of aryl methyl sites for hydroxylation is 2. The molecule has 1 rings (SSSR count). The summed E-state index contributed by atoms with van der Waals surface area (Å²) in [6.07, 6.45) is 0. The number of nitrogens with two attached hydrogens (primary N) is 1. The lowest BCUT2D eigenvalue weighted by Gasteiger charge is -1.89. The van der Waals surface area contributed by atoms with Gasteiger partial charge in [-0.25, -0.2) is 0 Å². The van der Waals surface area contributed by atoms with Crippen LogP contribution in [0.2, 0.25) is 0 Å². The molecule has 0 aliphatic carbocycles. The number of nitroso groups, excluding NO2 is 1. The maximum Gasteiger partial charge on any atom is 0.172 e. The van der Waals surface area contributed by atoms with Crippen molar-refractivity contribution in [1.82, 2.24) is 9.78 Å². The smallest absolute Gasteiger partial charge is 0.172 e. The van der Waals surface area contributed by atoms with E-state index in [9.17, 15) is 4.91 Å². The first kappa shape index (κ1) is 9.90. The lowest BCUT2D eigenvalue weighted by atomic mass is 10.4. The molecule has 2 N–H and O–H groups in total. The number of rotatable bonds is 1. The summed E-state index contributed by atoms with van der Waals surface area (Å²) in [5.41, 5.74) is 6.22. The Morgan fingerprint density at radius 3 is 2.36 bits per heavy atom. The minimum atomic E-state index is 0. The Labute approximate surface area is 70.0 Å². The second kappa shape index (κ2) is 3.34. The van der Waals surface area contributed by atoms with E-state index in [2.05, 4.69) is 10.3 Å². The van der Waals surface area contributed by atoms with Gasteiger partial charge in [-0.2, -0.15) is 5.10 Å². The fourth-order valence-corrected chi connectivity index (χ4v) is 0.778. The van der Waals surface area contributed by atoms with Crippen LogP contribution < -0.4 is 5.73 Å². The molecule has 0 unspecified atom stereocenters. The van der Waals surface area contributed by atoms with E-state index in [1.54, 1.807) is 14.0 Å². The van der Waals surface area contributed by atoms with Crippen LogP contribution in [-0.4, -0.2) is 9.78 Å². The standard InChI is InChI=1S/C5H8N4O.ClH/c1-3-4(8-10)5(6)9(2)7-3;/h6H2,1-2H3;1H. The molecule has 0 saturated carbocycles. The SMILES string of the molecule is Cc1nn(C)c(N)c1N=O.Cl. The van der Waals surface area contributed by atoms with Gasteiger partial charge in [0.1, 0.15) is 0 Å². The lowest BCUT2D eigenvalue weighted by molar-refractivity contribution is 0.767. The van der Waals surface area contributed by atoms with Crippen LogP contribution in [0.3, 0.4) is 0 Å². The topological polar surface area (TPSA) is 73.3 Å². The van der Waals surface area contributed by atoms with E-state index in [4.69, 9.17) is 5.73 Å². The Morgan fingerprint density at radius 1 is 1.64 bits per heavy atom. The van der Waals surface area contributed by atoms with Crippen molar-refractivity contribution in [3.8, 4) is 0 Å². The second-order valence-corrected chi connectivity index (χ2v) is 2.03. The third-order valence-corrected chi connectivity index (χ3v) is 1.33. The molecular weight excluding hydrogens is 168 g/mol. The predicted molar refractivity (Wildman–Crippen MR) is 45.1 cm³/mol. The van der Waals surface area contributed by atoms with Gasteiger partial charge in [-0.3, -0.25) is 4.68 Å². The van der Waals surface area contributed by atoms with Crippen molar-refractivity contribution in [2.75, 3.05) is 5.73 Å². The first-order valence-corrected chi connectivity index (χ1v) is 2.79. The minimum Gasteiger partial charge on any atom is -0.382 e. The van der Waals surface area contributed by atoms with Gasteiger partial charge in [0.05, 0.1) is 5.69 Å². The van der Waals surface area contributed by atoms with Crippen molar-refractivity contribution < 1.29 is 0 Å². The highest BCUT2D eigenvalue weighted by Crippen LogP contribution is 2.23. The highest BCUT2D eigenvalue weighted by molar-refractivity contribution is 5.85. The Hall–Kier alpha value is -1.10. The molecule has 0 atom stereocenters. The summed E-state index contributed by atoms with van der Waals surface area (Å²) in [6.45, 7) is 1.69. The maximum absolute atomic E-state index is 10.1. The normalized spacial score (nSPS) is 8.91. The zero-order valence-electron chi connectivity index (χ0n) is 6.24. The first-order valence-electron chi connectivity index (χ1n) is 2.79. The average molecular weight is 177 g/mol. The highest BCUT2D eigenvalue weighted by atomic mass is 35.5. The number of nitrogen functional groups attached to an aromatic ring is 1. The van der Waals surface area contributed by atoms with Crippen molar-refractivity contribution in [2.45, 2.75) is 6.92 Å². The molecule has 0 spiro atoms. The molecule has 0 aromatic carbocycles. The van der Waals surface area contributed by atoms with Gasteiger partial charge in [-0.1, -0.05) is 0 Å². The molecule has 1 aromatic heterocycles. The van der Waals surface area contributed by atoms with Crippen LogP contribution in [0.1, 0.15) is 5.69 Å². The minimum absolute atomic E-state index is 0. The van der Waals surface area contributed by atoms with Crippen LogP contribution in [0.25, 0.3) is 0 Å². The van der Waals surface area contributed by atoms with Gasteiger partial charge in [0.25, 0.3) is 0 Å². The maximum atomic E-state index is 10.1. The van der Waals surface area contributed by atoms with Crippen LogP contribution >= 0.6 is 12.4 Å². The van der Waals surface area contributed by atoms with E-state index < -0.39 is 0 Å². The summed E-state index contributed by atoms with van der Waals surface area (Å²) >= 11 is 0. The van der Waals surface area contributed by atoms with Crippen molar-refractivity contribution in [3.63, 3.8) is 0 Å². The molecule has 11 heavy (non-hydrogen) atoms. The van der Waals surface area contributed by atoms with Gasteiger partial charge >= 0.3 is 0 Å². The van der Waals surface area contributed by atoms with Crippen LogP contribution in [0, 0.1) is 11.8 Å². The third kappa shape index (κ3) is 1.48. The first-order chi connectivity index (χ1) is 4.66. The molecule has 0 bridgehead atoms. The zero-order valence-corrected chi connectivity index (χ0v) is 7.05. The van der Waals surface area contributed by atoms with E-state index in [1.807, 2.05) is 0 Å². The molecule has 0 aliphatic heterocycles. The summed E-state index contributed by atoms with van der Waals surface area (Å²) in [5, 5.41) is 6.61. The van der Waals surface area contributed by atoms with Crippen LogP contribution in [0.5, 0.6) is 0 Å². The number of hydrogen-bond donors (Lipinski definition) is 1. The molecule has 5 nitrogen and oxygen atoms in total. The molecule has 0 aliphatic rings. The molecule has 1 aromatic rings. The van der Waals surface area contributed by atoms with E-state index in [0.29, 0.717) is 11.5 Å². The number of nitrogens with zero attached hydrogens (tertiary/aromatic N) is 3. The van der Waals surface area contributed by atoms with Crippen molar-refractivity contribution >= 4 is 23.9 Å². The average Bonchev–Trinajstić information content (AvgIpc) is 2.09. The predicted octanol–water partition coefficient (Wildman–Crippen LogP) is 1.13. The summed E-state index contributed by atoms with van der Waals surface area (Å²) in [4.78, 5) is 10.1. The Bertz CT molecular complexity index is 270. The van der Waals surface area contributed by atoms with Crippen molar-refractivity contribution in [3.05, 3.63) is 10.6 Å². The van der Waals surface area contributed by atoms with Gasteiger partial charge in [0, 0.05) is 7.05 Å². The van der Waals surface area contributed by atoms with Crippen LogP contribution in [-0.2, 0) is 7.05 Å². The van der Waals surface area contributed by atoms with E-state index >= 15 is 0 Å². The quantitative estimate of drug-likeness (QED) is 0.652. The monoisotopic (exact) mass is 176 g/mol. The summed E-state index contributed by atoms with van der Waals surface area (Å²) in [7, 11) is 1.66. The Morgan fingerprint density at radius 2 is 2.18 bits per heavy atom. The molecule has 1 heterocycles. The van der Waals surface area contributed by atoms with Gasteiger partial charge in [0.2, 0.25) is 0 Å². The van der Waals surface area contributed by atoms with Gasteiger partial charge in [0.15, 0.2) is 11.5 Å². The van der Waals surface area contributed by atoms with Gasteiger partial charge in [-0.05, 0) is 12.1 Å². The van der Waals surface area contributed by atoms with Gasteiger partial charge in [-0.15, -0.1) is 17.3 Å². The van der Waals surface area contributed by atoms with Crippen LogP contribution in [0.4, 0.5) is 11.5 Å². The molecule has 0 saturated heterocycles. The summed E-state index contributed by atoms with van der Waals surface area (Å²) in [6, 6.07) is 0. The lowest BCUT2D eigenvalue weighted by Crippen LogP contribution is -1.96. The Kier molecular flexibility index (Phi) is 3.00. The highest BCUT2D eigenvalue weighted by Gasteiger charge is 2.08. The fourth-order valence-electron chi connectivity index (χ4n) is 0.778. The number of halogens is 1. The molecule has 62 valence electrons.